The van der Waals surface area contributed by atoms with Crippen molar-refractivity contribution in [2.45, 2.75) is 20.0 Å². The maximum absolute atomic E-state index is 5.16. The summed E-state index contributed by atoms with van der Waals surface area (Å²) in [7, 11) is 0. The molecule has 1 atom stereocenters. The van der Waals surface area contributed by atoms with Crippen LogP contribution in [0.15, 0.2) is 0 Å². The number of ether oxygens (including phenoxy) is 2. The number of hydrogen-bond donors (Lipinski definition) is 0. The third-order valence-corrected chi connectivity index (χ3v) is 0.960. The van der Waals surface area contributed by atoms with Crippen LogP contribution in [0.3, 0.4) is 0 Å². The first-order chi connectivity index (χ1) is 3.79. The van der Waals surface area contributed by atoms with Crippen LogP contribution in [0.2, 0.25) is 0 Å². The van der Waals surface area contributed by atoms with Crippen molar-refractivity contribution in [1.82, 2.24) is 0 Å². The van der Waals surface area contributed by atoms with Crippen molar-refractivity contribution < 1.29 is 9.47 Å². The van der Waals surface area contributed by atoms with Gasteiger partial charge in [-0.15, -0.1) is 0 Å². The molecule has 1 rings (SSSR count). The Morgan fingerprint density at radius 1 is 1.75 bits per heavy atom. The van der Waals surface area contributed by atoms with E-state index in [1.165, 1.54) is 0 Å². The predicted molar refractivity (Wildman–Crippen MR) is 30.3 cm³/mol. The van der Waals surface area contributed by atoms with Gasteiger partial charge in [0.2, 0.25) is 0 Å². The average Bonchev–Trinajstić information content (AvgIpc) is 2.41. The van der Waals surface area contributed by atoms with Gasteiger partial charge in [0.05, 0.1) is 19.3 Å². The second-order valence-corrected chi connectivity index (χ2v) is 2.17. The minimum atomic E-state index is 0.393. The maximum Gasteiger partial charge on any atom is 0.104 e. The summed E-state index contributed by atoms with van der Waals surface area (Å²) in [4.78, 5) is 0. The van der Waals surface area contributed by atoms with E-state index in [1.54, 1.807) is 0 Å². The van der Waals surface area contributed by atoms with E-state index in [4.69, 9.17) is 9.47 Å². The van der Waals surface area contributed by atoms with Crippen LogP contribution in [0.4, 0.5) is 0 Å². The van der Waals surface area contributed by atoms with Gasteiger partial charge in [0.25, 0.3) is 0 Å². The quantitative estimate of drug-likeness (QED) is 0.511. The van der Waals surface area contributed by atoms with Crippen molar-refractivity contribution in [2.24, 2.45) is 0 Å². The molecule has 0 aromatic carbocycles. The zero-order chi connectivity index (χ0) is 5.98. The fourth-order valence-electron chi connectivity index (χ4n) is 0.424. The molecule has 47 valence electrons. The van der Waals surface area contributed by atoms with Crippen molar-refractivity contribution in [2.75, 3.05) is 13.2 Å². The molecule has 0 spiro atoms. The third-order valence-electron chi connectivity index (χ3n) is 0.960. The SMILES string of the molecule is C[C](C)OCC1CO1. The number of epoxide rings is 1. The van der Waals surface area contributed by atoms with E-state index in [0.29, 0.717) is 6.10 Å². The number of hydrogen-bond acceptors (Lipinski definition) is 2. The Morgan fingerprint density at radius 3 is 2.75 bits per heavy atom. The zero-order valence-corrected chi connectivity index (χ0v) is 5.31. The Balaban J connectivity index is 1.87. The van der Waals surface area contributed by atoms with Crippen LogP contribution in [0, 0.1) is 6.10 Å². The molecule has 0 amide bonds. The fourth-order valence-corrected chi connectivity index (χ4v) is 0.424. The molecule has 0 aromatic rings. The Kier molecular flexibility index (Phi) is 1.86. The smallest absolute Gasteiger partial charge is 0.104 e. The van der Waals surface area contributed by atoms with E-state index in [9.17, 15) is 0 Å². The van der Waals surface area contributed by atoms with Crippen molar-refractivity contribution in [3.8, 4) is 0 Å². The Hall–Kier alpha value is -0.0800. The summed E-state index contributed by atoms with van der Waals surface area (Å²) in [5.74, 6) is 0. The van der Waals surface area contributed by atoms with Crippen molar-refractivity contribution in [3.63, 3.8) is 0 Å². The summed E-state index contributed by atoms with van der Waals surface area (Å²) in [6, 6.07) is 0. The average molecular weight is 115 g/mol. The maximum atomic E-state index is 5.16. The second kappa shape index (κ2) is 2.46. The van der Waals surface area contributed by atoms with Gasteiger partial charge in [0, 0.05) is 0 Å². The van der Waals surface area contributed by atoms with Crippen LogP contribution in [-0.4, -0.2) is 19.3 Å². The first-order valence-electron chi connectivity index (χ1n) is 2.83. The van der Waals surface area contributed by atoms with E-state index >= 15 is 0 Å². The van der Waals surface area contributed by atoms with E-state index < -0.39 is 0 Å². The summed E-state index contributed by atoms with van der Waals surface area (Å²) in [5.41, 5.74) is 0. The van der Waals surface area contributed by atoms with Crippen molar-refractivity contribution in [1.29, 1.82) is 0 Å². The molecule has 0 aromatic heterocycles. The van der Waals surface area contributed by atoms with Gasteiger partial charge in [0.1, 0.15) is 6.10 Å². The molecule has 1 radical (unpaired) electrons. The van der Waals surface area contributed by atoms with E-state index in [2.05, 4.69) is 0 Å². The molecule has 1 saturated heterocycles. The van der Waals surface area contributed by atoms with Crippen LogP contribution in [0.5, 0.6) is 0 Å². The molecule has 2 heteroatoms. The molecule has 1 aliphatic rings. The largest absolute Gasteiger partial charge is 0.371 e. The lowest BCUT2D eigenvalue weighted by atomic mass is 10.4. The predicted octanol–water partition coefficient (Wildman–Crippen LogP) is 0.974. The topological polar surface area (TPSA) is 21.8 Å². The second-order valence-electron chi connectivity index (χ2n) is 2.17. The van der Waals surface area contributed by atoms with Gasteiger partial charge in [-0.1, -0.05) is 0 Å². The van der Waals surface area contributed by atoms with Gasteiger partial charge in [0.15, 0.2) is 0 Å². The molecule has 0 aliphatic carbocycles. The summed E-state index contributed by atoms with van der Waals surface area (Å²) >= 11 is 0. The van der Waals surface area contributed by atoms with E-state index in [-0.39, 0.29) is 0 Å². The lowest BCUT2D eigenvalue weighted by Crippen LogP contribution is -2.01. The molecule has 0 bridgehead atoms. The van der Waals surface area contributed by atoms with Crippen LogP contribution in [0.25, 0.3) is 0 Å². The Bertz CT molecular complexity index is 64.9. The van der Waals surface area contributed by atoms with E-state index in [1.807, 2.05) is 13.8 Å². The zero-order valence-electron chi connectivity index (χ0n) is 5.31. The molecule has 2 nitrogen and oxygen atoms in total. The Labute approximate surface area is 49.8 Å². The highest BCUT2D eigenvalue weighted by Crippen LogP contribution is 2.11. The molecule has 0 saturated carbocycles. The monoisotopic (exact) mass is 115 g/mol. The minimum absolute atomic E-state index is 0.393. The summed E-state index contributed by atoms with van der Waals surface area (Å²) < 4.78 is 10.1. The van der Waals surface area contributed by atoms with Gasteiger partial charge in [-0.3, -0.25) is 0 Å². The van der Waals surface area contributed by atoms with Crippen molar-refractivity contribution >= 4 is 0 Å². The van der Waals surface area contributed by atoms with Crippen LogP contribution in [0.1, 0.15) is 13.8 Å². The summed E-state index contributed by atoms with van der Waals surface area (Å²) in [6.07, 6.45) is 1.41. The van der Waals surface area contributed by atoms with Gasteiger partial charge < -0.3 is 9.47 Å². The summed E-state index contributed by atoms with van der Waals surface area (Å²) in [6.45, 7) is 5.51. The Morgan fingerprint density at radius 2 is 2.38 bits per heavy atom. The minimum Gasteiger partial charge on any atom is -0.371 e. The molecule has 0 N–H and O–H groups in total. The summed E-state index contributed by atoms with van der Waals surface area (Å²) in [5, 5.41) is 0. The first-order valence-corrected chi connectivity index (χ1v) is 2.83. The molecule has 8 heavy (non-hydrogen) atoms. The molecule has 1 heterocycles. The fraction of sp³-hybridized carbons (Fsp3) is 0.833. The lowest BCUT2D eigenvalue weighted by molar-refractivity contribution is 0.136. The van der Waals surface area contributed by atoms with Gasteiger partial charge in [-0.05, 0) is 13.8 Å². The van der Waals surface area contributed by atoms with Gasteiger partial charge in [-0.25, -0.2) is 0 Å². The normalized spacial score (nSPS) is 26.6. The lowest BCUT2D eigenvalue weighted by Gasteiger charge is -2.01. The highest BCUT2D eigenvalue weighted by Gasteiger charge is 2.22. The molecular formula is C6H11O2. The molecule has 1 fully saturated rings. The van der Waals surface area contributed by atoms with Crippen LogP contribution in [-0.2, 0) is 9.47 Å². The molecule has 1 unspecified atom stereocenters. The first kappa shape index (κ1) is 6.05. The van der Waals surface area contributed by atoms with E-state index in [0.717, 1.165) is 19.3 Å². The van der Waals surface area contributed by atoms with Crippen LogP contribution < -0.4 is 0 Å². The van der Waals surface area contributed by atoms with Gasteiger partial charge in [-0.2, -0.15) is 0 Å². The highest BCUT2D eigenvalue weighted by atomic mass is 16.6. The third kappa shape index (κ3) is 2.28. The van der Waals surface area contributed by atoms with Gasteiger partial charge >= 0.3 is 0 Å². The highest BCUT2D eigenvalue weighted by molar-refractivity contribution is 4.71. The molecular weight excluding hydrogens is 104 g/mol. The standard InChI is InChI=1S/C6H11O2/c1-5(2)7-3-6-4-8-6/h6H,3-4H2,1-2H3. The number of rotatable bonds is 3. The van der Waals surface area contributed by atoms with Crippen molar-refractivity contribution in [3.05, 3.63) is 6.10 Å². The van der Waals surface area contributed by atoms with Crippen LogP contribution >= 0.6 is 0 Å². The molecule has 1 aliphatic heterocycles.